The first-order valence-corrected chi connectivity index (χ1v) is 7.47. The number of anilines is 1. The first-order valence-electron chi connectivity index (χ1n) is 7.47. The van der Waals surface area contributed by atoms with Gasteiger partial charge in [-0.05, 0) is 24.5 Å². The van der Waals surface area contributed by atoms with Gasteiger partial charge in [0, 0.05) is 12.1 Å². The molecule has 3 nitrogen and oxygen atoms in total. The Labute approximate surface area is 125 Å². The minimum Gasteiger partial charge on any atom is -0.397 e. The summed E-state index contributed by atoms with van der Waals surface area (Å²) in [5.41, 5.74) is 10.00. The van der Waals surface area contributed by atoms with Crippen molar-refractivity contribution in [2.45, 2.75) is 26.8 Å². The second-order valence-electron chi connectivity index (χ2n) is 5.85. The second kappa shape index (κ2) is 5.60. The molecule has 0 saturated carbocycles. The fraction of sp³-hybridized carbons (Fsp3) is 0.278. The van der Waals surface area contributed by atoms with Crippen molar-refractivity contribution in [2.24, 2.45) is 5.92 Å². The Bertz CT molecular complexity index is 742. The van der Waals surface area contributed by atoms with Gasteiger partial charge in [0.25, 0.3) is 0 Å². The molecule has 2 aromatic carbocycles. The summed E-state index contributed by atoms with van der Waals surface area (Å²) in [6.45, 7) is 5.45. The van der Waals surface area contributed by atoms with E-state index in [9.17, 15) is 0 Å². The van der Waals surface area contributed by atoms with Crippen molar-refractivity contribution in [3.8, 4) is 11.4 Å². The topological polar surface area (TPSA) is 43.8 Å². The van der Waals surface area contributed by atoms with E-state index in [1.54, 1.807) is 0 Å². The lowest BCUT2D eigenvalue weighted by Crippen LogP contribution is -2.03. The molecule has 0 unspecified atom stereocenters. The number of nitrogens with zero attached hydrogens (tertiary/aromatic N) is 2. The monoisotopic (exact) mass is 279 g/mol. The number of benzene rings is 2. The molecule has 0 aliphatic carbocycles. The molecular weight excluding hydrogens is 258 g/mol. The fourth-order valence-corrected chi connectivity index (χ4v) is 2.59. The molecule has 0 saturated heterocycles. The number of hydrogen-bond donors (Lipinski definition) is 1. The van der Waals surface area contributed by atoms with Crippen LogP contribution in [0.2, 0.25) is 0 Å². The molecule has 3 rings (SSSR count). The highest BCUT2D eigenvalue weighted by atomic mass is 15.1. The van der Waals surface area contributed by atoms with E-state index in [0.717, 1.165) is 41.1 Å². The van der Waals surface area contributed by atoms with Gasteiger partial charge in [-0.15, -0.1) is 0 Å². The van der Waals surface area contributed by atoms with E-state index in [4.69, 9.17) is 10.7 Å². The lowest BCUT2D eigenvalue weighted by molar-refractivity contribution is 0.525. The summed E-state index contributed by atoms with van der Waals surface area (Å²) in [5.74, 6) is 1.66. The number of aryl methyl sites for hydroxylation is 1. The number of rotatable bonds is 4. The number of imidazole rings is 1. The minimum absolute atomic E-state index is 0.659. The molecular formula is C18H21N3. The van der Waals surface area contributed by atoms with Crippen LogP contribution >= 0.6 is 0 Å². The third-order valence-electron chi connectivity index (χ3n) is 3.77. The maximum Gasteiger partial charge on any atom is 0.141 e. The van der Waals surface area contributed by atoms with Crippen LogP contribution in [0.15, 0.2) is 48.5 Å². The Hall–Kier alpha value is -2.29. The zero-order chi connectivity index (χ0) is 14.8. The standard InChI is InChI=1S/C18H21N3/c1-13(2)11-12-21-16-10-6-9-15(19)17(16)20-18(21)14-7-4-3-5-8-14/h3-10,13H,11-12,19H2,1-2H3. The Morgan fingerprint density at radius 3 is 2.52 bits per heavy atom. The van der Waals surface area contributed by atoms with E-state index in [-0.39, 0.29) is 0 Å². The molecule has 0 aliphatic rings. The number of nitrogens with two attached hydrogens (primary N) is 1. The summed E-state index contributed by atoms with van der Waals surface area (Å²) in [4.78, 5) is 4.80. The highest BCUT2D eigenvalue weighted by molar-refractivity contribution is 5.90. The van der Waals surface area contributed by atoms with Crippen molar-refractivity contribution >= 4 is 16.7 Å². The lowest BCUT2D eigenvalue weighted by Gasteiger charge is -2.11. The Balaban J connectivity index is 2.18. The third-order valence-corrected chi connectivity index (χ3v) is 3.77. The summed E-state index contributed by atoms with van der Waals surface area (Å²) >= 11 is 0. The third kappa shape index (κ3) is 2.64. The van der Waals surface area contributed by atoms with Crippen molar-refractivity contribution in [3.63, 3.8) is 0 Å². The second-order valence-corrected chi connectivity index (χ2v) is 5.85. The first kappa shape index (κ1) is 13.7. The van der Waals surface area contributed by atoms with E-state index in [1.807, 2.05) is 30.3 Å². The normalized spacial score (nSPS) is 11.4. The zero-order valence-electron chi connectivity index (χ0n) is 12.6. The van der Waals surface area contributed by atoms with Crippen molar-refractivity contribution in [2.75, 3.05) is 5.73 Å². The molecule has 0 fully saturated rings. The smallest absolute Gasteiger partial charge is 0.141 e. The van der Waals surface area contributed by atoms with Gasteiger partial charge in [-0.25, -0.2) is 4.98 Å². The van der Waals surface area contributed by atoms with E-state index in [0.29, 0.717) is 5.92 Å². The molecule has 21 heavy (non-hydrogen) atoms. The van der Waals surface area contributed by atoms with Gasteiger partial charge in [0.15, 0.2) is 0 Å². The fourth-order valence-electron chi connectivity index (χ4n) is 2.59. The van der Waals surface area contributed by atoms with Gasteiger partial charge in [0.1, 0.15) is 11.3 Å². The predicted molar refractivity (Wildman–Crippen MR) is 89.0 cm³/mol. The molecule has 1 heterocycles. The summed E-state index contributed by atoms with van der Waals surface area (Å²) in [5, 5.41) is 0. The van der Waals surface area contributed by atoms with Gasteiger partial charge in [-0.1, -0.05) is 50.2 Å². The van der Waals surface area contributed by atoms with E-state index >= 15 is 0 Å². The van der Waals surface area contributed by atoms with Gasteiger partial charge in [-0.2, -0.15) is 0 Å². The van der Waals surface area contributed by atoms with E-state index < -0.39 is 0 Å². The van der Waals surface area contributed by atoms with Crippen LogP contribution in [-0.4, -0.2) is 9.55 Å². The minimum atomic E-state index is 0.659. The number of aromatic nitrogens is 2. The van der Waals surface area contributed by atoms with E-state index in [1.165, 1.54) is 0 Å². The van der Waals surface area contributed by atoms with Crippen LogP contribution < -0.4 is 5.73 Å². The van der Waals surface area contributed by atoms with Crippen molar-refractivity contribution in [1.29, 1.82) is 0 Å². The maximum absolute atomic E-state index is 6.10. The summed E-state index contributed by atoms with van der Waals surface area (Å²) in [6.07, 6.45) is 1.13. The molecule has 3 aromatic rings. The van der Waals surface area contributed by atoms with Crippen LogP contribution in [-0.2, 0) is 6.54 Å². The van der Waals surface area contributed by atoms with Gasteiger partial charge in [-0.3, -0.25) is 0 Å². The average molecular weight is 279 g/mol. The lowest BCUT2D eigenvalue weighted by atomic mass is 10.1. The Morgan fingerprint density at radius 1 is 1.05 bits per heavy atom. The highest BCUT2D eigenvalue weighted by Crippen LogP contribution is 2.28. The molecule has 0 amide bonds. The average Bonchev–Trinajstić information content (AvgIpc) is 2.86. The quantitative estimate of drug-likeness (QED) is 0.722. The molecule has 0 bridgehead atoms. The molecule has 1 aromatic heterocycles. The molecule has 3 heteroatoms. The number of nitrogen functional groups attached to an aromatic ring is 1. The van der Waals surface area contributed by atoms with Gasteiger partial charge >= 0.3 is 0 Å². The largest absolute Gasteiger partial charge is 0.397 e. The molecule has 0 aliphatic heterocycles. The summed E-state index contributed by atoms with van der Waals surface area (Å²) in [7, 11) is 0. The van der Waals surface area contributed by atoms with Crippen molar-refractivity contribution < 1.29 is 0 Å². The number of hydrogen-bond acceptors (Lipinski definition) is 2. The van der Waals surface area contributed by atoms with Crippen LogP contribution in [0, 0.1) is 5.92 Å². The molecule has 2 N–H and O–H groups in total. The summed E-state index contributed by atoms with van der Waals surface area (Å²) < 4.78 is 2.29. The van der Waals surface area contributed by atoms with Crippen LogP contribution in [0.1, 0.15) is 20.3 Å². The first-order chi connectivity index (χ1) is 10.2. The van der Waals surface area contributed by atoms with Gasteiger partial charge < -0.3 is 10.3 Å². The Kier molecular flexibility index (Phi) is 3.65. The molecule has 108 valence electrons. The zero-order valence-corrected chi connectivity index (χ0v) is 12.6. The number of para-hydroxylation sites is 1. The van der Waals surface area contributed by atoms with Crippen LogP contribution in [0.5, 0.6) is 0 Å². The predicted octanol–water partition coefficient (Wildman–Crippen LogP) is 4.33. The SMILES string of the molecule is CC(C)CCn1c(-c2ccccc2)nc2c(N)cccc21. The van der Waals surface area contributed by atoms with Crippen LogP contribution in [0.4, 0.5) is 5.69 Å². The van der Waals surface area contributed by atoms with Gasteiger partial charge in [0.2, 0.25) is 0 Å². The highest BCUT2D eigenvalue weighted by Gasteiger charge is 2.14. The molecule has 0 spiro atoms. The van der Waals surface area contributed by atoms with Gasteiger partial charge in [0.05, 0.1) is 11.2 Å². The van der Waals surface area contributed by atoms with E-state index in [2.05, 4.69) is 36.6 Å². The molecule has 0 radical (unpaired) electrons. The van der Waals surface area contributed by atoms with Crippen LogP contribution in [0.25, 0.3) is 22.4 Å². The number of fused-ring (bicyclic) bond motifs is 1. The Morgan fingerprint density at radius 2 is 1.81 bits per heavy atom. The van der Waals surface area contributed by atoms with Crippen molar-refractivity contribution in [1.82, 2.24) is 9.55 Å². The molecule has 0 atom stereocenters. The maximum atomic E-state index is 6.10. The van der Waals surface area contributed by atoms with Crippen molar-refractivity contribution in [3.05, 3.63) is 48.5 Å². The summed E-state index contributed by atoms with van der Waals surface area (Å²) in [6, 6.07) is 16.3. The van der Waals surface area contributed by atoms with Crippen LogP contribution in [0.3, 0.4) is 0 Å².